The Hall–Kier alpha value is -2.66. The van der Waals surface area contributed by atoms with Crippen molar-refractivity contribution in [2.75, 3.05) is 31.1 Å². The van der Waals surface area contributed by atoms with Crippen molar-refractivity contribution in [3.8, 4) is 0 Å². The number of carbonyl (C=O) groups is 1. The predicted octanol–water partition coefficient (Wildman–Crippen LogP) is 4.57. The minimum atomic E-state index is -0.292. The Morgan fingerprint density at radius 1 is 0.967 bits per heavy atom. The fourth-order valence-corrected chi connectivity index (χ4v) is 4.28. The highest BCUT2D eigenvalue weighted by Gasteiger charge is 2.45. The maximum absolute atomic E-state index is 13.0. The zero-order chi connectivity index (χ0) is 20.3. The molecule has 2 aromatic carbocycles. The van der Waals surface area contributed by atoms with Gasteiger partial charge in [-0.25, -0.2) is 0 Å². The lowest BCUT2D eigenvalue weighted by molar-refractivity contribution is -0.131. The summed E-state index contributed by atoms with van der Waals surface area (Å²) in [6.07, 6.45) is 2.95. The number of piperidine rings is 1. The van der Waals surface area contributed by atoms with E-state index in [-0.39, 0.29) is 16.2 Å². The second-order valence-electron chi connectivity index (χ2n) is 8.42. The van der Waals surface area contributed by atoms with E-state index in [2.05, 4.69) is 35.2 Å². The molecule has 4 nitrogen and oxygen atoms in total. The largest absolute Gasteiger partial charge is 0.480 e. The van der Waals surface area contributed by atoms with Crippen LogP contribution in [0.1, 0.15) is 32.3 Å². The molecule has 2 fully saturated rings. The summed E-state index contributed by atoms with van der Waals surface area (Å²) in [7, 11) is 0. The topological polar surface area (TPSA) is 32.8 Å². The molecule has 0 saturated carbocycles. The Balaban J connectivity index is 0.00000256. The average molecular weight is 411 g/mol. The summed E-state index contributed by atoms with van der Waals surface area (Å²) < 4.78 is 6.41. The Labute approximate surface area is 178 Å². The van der Waals surface area contributed by atoms with Gasteiger partial charge in [0.05, 0.1) is 6.54 Å². The van der Waals surface area contributed by atoms with Crippen LogP contribution in [-0.4, -0.2) is 42.6 Å². The van der Waals surface area contributed by atoms with Crippen molar-refractivity contribution in [3.63, 3.8) is 0 Å². The summed E-state index contributed by atoms with van der Waals surface area (Å²) in [6, 6.07) is 20.6. The number of ether oxygens (including phenoxy) is 1. The second-order valence-corrected chi connectivity index (χ2v) is 8.42. The van der Waals surface area contributed by atoms with E-state index in [1.807, 2.05) is 49.1 Å². The van der Waals surface area contributed by atoms with E-state index in [1.54, 1.807) is 0 Å². The summed E-state index contributed by atoms with van der Waals surface area (Å²) in [4.78, 5) is 17.5. The van der Waals surface area contributed by atoms with Crippen LogP contribution >= 0.6 is 0 Å². The van der Waals surface area contributed by atoms with Gasteiger partial charge >= 0.3 is 0 Å². The highest BCUT2D eigenvalue weighted by molar-refractivity contribution is 6.05. The number of amides is 1. The van der Waals surface area contributed by atoms with E-state index in [1.165, 1.54) is 5.56 Å². The molecule has 2 heterocycles. The molecule has 4 rings (SSSR count). The maximum Gasteiger partial charge on any atom is 0.293 e. The van der Waals surface area contributed by atoms with Gasteiger partial charge in [-0.2, -0.15) is 0 Å². The molecule has 0 radical (unpaired) electrons. The van der Waals surface area contributed by atoms with Gasteiger partial charge in [0.25, 0.3) is 5.91 Å². The van der Waals surface area contributed by atoms with Gasteiger partial charge in [0, 0.05) is 38.2 Å². The number of allylic oxidation sites excluding steroid dienone is 1. The summed E-state index contributed by atoms with van der Waals surface area (Å²) >= 11 is 0. The van der Waals surface area contributed by atoms with Crippen LogP contribution in [0.15, 0.2) is 72.0 Å². The molecule has 2 aliphatic heterocycles. The lowest BCUT2D eigenvalue weighted by Crippen LogP contribution is -2.58. The molecular formula is C25H31FN2O2. The Morgan fingerprint density at radius 3 is 2.17 bits per heavy atom. The molecule has 2 aromatic rings. The van der Waals surface area contributed by atoms with Crippen molar-refractivity contribution in [2.45, 2.75) is 38.7 Å². The third-order valence-corrected chi connectivity index (χ3v) is 6.05. The van der Waals surface area contributed by atoms with Gasteiger partial charge < -0.3 is 14.5 Å². The number of halogens is 1. The van der Waals surface area contributed by atoms with Crippen LogP contribution in [0.3, 0.4) is 0 Å². The fraction of sp³-hybridized carbons (Fsp3) is 0.400. The van der Waals surface area contributed by atoms with Crippen LogP contribution in [0.5, 0.6) is 0 Å². The molecule has 0 unspecified atom stereocenters. The smallest absolute Gasteiger partial charge is 0.293 e. The quantitative estimate of drug-likeness (QED) is 0.692. The number of benzene rings is 2. The van der Waals surface area contributed by atoms with E-state index in [0.29, 0.717) is 12.3 Å². The summed E-state index contributed by atoms with van der Waals surface area (Å²) in [5, 5.41) is 0. The number of hydrogen-bond acceptors (Lipinski definition) is 3. The maximum atomic E-state index is 13.0. The number of hydrogen-bond donors (Lipinski definition) is 0. The third-order valence-electron chi connectivity index (χ3n) is 6.05. The van der Waals surface area contributed by atoms with Crippen LogP contribution in [0, 0.1) is 0 Å². The molecule has 1 amide bonds. The van der Waals surface area contributed by atoms with Gasteiger partial charge in [-0.05, 0) is 43.5 Å². The van der Waals surface area contributed by atoms with Gasteiger partial charge in [-0.15, -0.1) is 0 Å². The molecule has 5 heteroatoms. The van der Waals surface area contributed by atoms with Crippen molar-refractivity contribution in [1.29, 1.82) is 0 Å². The number of carbonyl (C=O) groups excluding carboxylic acids is 1. The van der Waals surface area contributed by atoms with Gasteiger partial charge in [0.15, 0.2) is 5.76 Å². The van der Waals surface area contributed by atoms with Crippen molar-refractivity contribution in [1.82, 2.24) is 4.90 Å². The number of anilines is 1. The Morgan fingerprint density at radius 2 is 1.57 bits per heavy atom. The molecule has 2 aliphatic rings. The van der Waals surface area contributed by atoms with Gasteiger partial charge in [0.2, 0.25) is 0 Å². The molecule has 0 bridgehead atoms. The number of morpholine rings is 1. The Kier molecular flexibility index (Phi) is 6.93. The zero-order valence-corrected chi connectivity index (χ0v) is 17.8. The fourth-order valence-electron chi connectivity index (χ4n) is 4.28. The normalized spacial score (nSPS) is 18.7. The lowest BCUT2D eigenvalue weighted by Gasteiger charge is -2.48. The van der Waals surface area contributed by atoms with Crippen LogP contribution in [0.25, 0.3) is 0 Å². The first-order valence-corrected chi connectivity index (χ1v) is 10.6. The molecule has 0 aliphatic carbocycles. The number of likely N-dealkylation sites (tertiary alicyclic amines) is 1. The number of rotatable bonds is 4. The molecule has 160 valence electrons. The molecule has 1 spiro atoms. The number of para-hydroxylation sites is 1. The van der Waals surface area contributed by atoms with Gasteiger partial charge in [-0.1, -0.05) is 48.5 Å². The minimum Gasteiger partial charge on any atom is -0.480 e. The molecule has 30 heavy (non-hydrogen) atoms. The number of nitrogens with zero attached hydrogens (tertiary/aromatic N) is 2. The summed E-state index contributed by atoms with van der Waals surface area (Å²) in [6.45, 7) is 7.62. The predicted molar refractivity (Wildman–Crippen MR) is 119 cm³/mol. The van der Waals surface area contributed by atoms with E-state index in [9.17, 15) is 4.79 Å². The van der Waals surface area contributed by atoms with Gasteiger partial charge in [0.1, 0.15) is 5.60 Å². The first-order chi connectivity index (χ1) is 14.1. The van der Waals surface area contributed by atoms with Gasteiger partial charge in [-0.3, -0.25) is 9.50 Å². The zero-order valence-electron chi connectivity index (χ0n) is 17.8. The highest BCUT2D eigenvalue weighted by atomic mass is 19.0. The summed E-state index contributed by atoms with van der Waals surface area (Å²) in [5.41, 5.74) is 2.99. The molecule has 0 aromatic heterocycles. The standard InChI is InChI=1S/C25H30N2O2.FH/c1-20(2)23-24(28)27(22-11-7-4-8-12-22)19-25(29-23)14-17-26(18-15-25)16-13-21-9-5-3-6-10-21;/h3-12H,13-19H2,1-2H3;1H. The first kappa shape index (κ1) is 22.0. The van der Waals surface area contributed by atoms with Crippen molar-refractivity contribution >= 4 is 11.6 Å². The first-order valence-electron chi connectivity index (χ1n) is 10.6. The van der Waals surface area contributed by atoms with Crippen molar-refractivity contribution in [2.24, 2.45) is 0 Å². The molecule has 0 atom stereocenters. The Bertz CT molecular complexity index is 871. The van der Waals surface area contributed by atoms with Crippen LogP contribution in [0.2, 0.25) is 0 Å². The van der Waals surface area contributed by atoms with E-state index in [0.717, 1.165) is 50.2 Å². The average Bonchev–Trinajstić information content (AvgIpc) is 2.76. The SMILES string of the molecule is CC(C)=C1OC2(CCN(CCc3ccccc3)CC2)CN(c2ccccc2)C1=O.F. The van der Waals surface area contributed by atoms with E-state index < -0.39 is 0 Å². The molecule has 2 saturated heterocycles. The summed E-state index contributed by atoms with van der Waals surface area (Å²) in [5.74, 6) is 0.506. The third kappa shape index (κ3) is 4.73. The lowest BCUT2D eigenvalue weighted by atomic mass is 9.88. The van der Waals surface area contributed by atoms with Crippen LogP contribution in [-0.2, 0) is 16.0 Å². The minimum absolute atomic E-state index is 0. The van der Waals surface area contributed by atoms with Crippen molar-refractivity contribution in [3.05, 3.63) is 77.6 Å². The monoisotopic (exact) mass is 410 g/mol. The van der Waals surface area contributed by atoms with E-state index >= 15 is 0 Å². The van der Waals surface area contributed by atoms with Crippen LogP contribution < -0.4 is 4.90 Å². The van der Waals surface area contributed by atoms with E-state index in [4.69, 9.17) is 4.74 Å². The molecule has 0 N–H and O–H groups in total. The highest BCUT2D eigenvalue weighted by Crippen LogP contribution is 2.37. The molecular weight excluding hydrogens is 379 g/mol. The van der Waals surface area contributed by atoms with Crippen LogP contribution in [0.4, 0.5) is 10.4 Å². The second kappa shape index (κ2) is 9.43. The van der Waals surface area contributed by atoms with Crippen molar-refractivity contribution < 1.29 is 14.2 Å².